The first-order chi connectivity index (χ1) is 9.63. The highest BCUT2D eigenvalue weighted by Gasteiger charge is 2.38. The lowest BCUT2D eigenvalue weighted by molar-refractivity contribution is -0.142. The number of anilines is 1. The Morgan fingerprint density at radius 2 is 2.10 bits per heavy atom. The van der Waals surface area contributed by atoms with Crippen molar-refractivity contribution in [1.29, 1.82) is 0 Å². The first-order valence-corrected chi connectivity index (χ1v) is 7.50. The standard InChI is InChI=1S/C15H22N4O/c1-10(2)13-8-14(17-9-16-13)18-12-6-11(7-12)15(20)19-4-3-5-19/h8-12H,3-7H2,1-2H3,(H,16,17,18). The number of rotatable bonds is 4. The minimum atomic E-state index is 0.221. The topological polar surface area (TPSA) is 58.1 Å². The van der Waals surface area contributed by atoms with Gasteiger partial charge in [-0.3, -0.25) is 4.79 Å². The van der Waals surface area contributed by atoms with E-state index in [0.717, 1.165) is 37.4 Å². The third-order valence-corrected chi connectivity index (χ3v) is 4.29. The maximum absolute atomic E-state index is 12.0. The molecule has 1 amide bonds. The molecule has 0 aromatic carbocycles. The average Bonchev–Trinajstić information content (AvgIpc) is 2.31. The van der Waals surface area contributed by atoms with Gasteiger partial charge in [0.1, 0.15) is 12.1 Å². The number of carbonyl (C=O) groups is 1. The van der Waals surface area contributed by atoms with Crippen molar-refractivity contribution in [3.05, 3.63) is 18.1 Å². The third-order valence-electron chi connectivity index (χ3n) is 4.29. The van der Waals surface area contributed by atoms with Crippen LogP contribution in [0.4, 0.5) is 5.82 Å². The molecule has 1 aromatic rings. The Morgan fingerprint density at radius 1 is 1.35 bits per heavy atom. The lowest BCUT2D eigenvalue weighted by Gasteiger charge is -2.41. The van der Waals surface area contributed by atoms with Crippen molar-refractivity contribution in [3.8, 4) is 0 Å². The molecule has 0 bridgehead atoms. The van der Waals surface area contributed by atoms with Gasteiger partial charge in [-0.2, -0.15) is 0 Å². The van der Waals surface area contributed by atoms with Crippen LogP contribution in [-0.4, -0.2) is 39.9 Å². The van der Waals surface area contributed by atoms with Crippen molar-refractivity contribution >= 4 is 11.7 Å². The second-order valence-corrected chi connectivity index (χ2v) is 6.17. The van der Waals surface area contributed by atoms with Crippen LogP contribution in [0.2, 0.25) is 0 Å². The molecular formula is C15H22N4O. The summed E-state index contributed by atoms with van der Waals surface area (Å²) < 4.78 is 0. The zero-order chi connectivity index (χ0) is 14.1. The van der Waals surface area contributed by atoms with Crippen LogP contribution in [-0.2, 0) is 4.79 Å². The summed E-state index contributed by atoms with van der Waals surface area (Å²) in [6.45, 7) is 6.16. The molecule has 1 aliphatic carbocycles. The summed E-state index contributed by atoms with van der Waals surface area (Å²) in [6, 6.07) is 2.38. The Balaban J connectivity index is 1.51. The fourth-order valence-corrected chi connectivity index (χ4v) is 2.71. The number of hydrogen-bond acceptors (Lipinski definition) is 4. The van der Waals surface area contributed by atoms with Crippen molar-refractivity contribution in [2.24, 2.45) is 5.92 Å². The molecule has 2 aliphatic rings. The second kappa shape index (κ2) is 5.38. The minimum Gasteiger partial charge on any atom is -0.367 e. The summed E-state index contributed by atoms with van der Waals surface area (Å²) >= 11 is 0. The summed E-state index contributed by atoms with van der Waals surface area (Å²) in [4.78, 5) is 22.5. The van der Waals surface area contributed by atoms with Gasteiger partial charge in [0.05, 0.1) is 0 Å². The number of nitrogens with zero attached hydrogens (tertiary/aromatic N) is 3. The van der Waals surface area contributed by atoms with Gasteiger partial charge in [0.25, 0.3) is 0 Å². The van der Waals surface area contributed by atoms with E-state index in [9.17, 15) is 4.79 Å². The summed E-state index contributed by atoms with van der Waals surface area (Å²) in [5.41, 5.74) is 1.05. The smallest absolute Gasteiger partial charge is 0.225 e. The van der Waals surface area contributed by atoms with Crippen molar-refractivity contribution < 1.29 is 4.79 Å². The van der Waals surface area contributed by atoms with Gasteiger partial charge in [0.2, 0.25) is 5.91 Å². The van der Waals surface area contributed by atoms with E-state index >= 15 is 0 Å². The quantitative estimate of drug-likeness (QED) is 0.912. The lowest BCUT2D eigenvalue weighted by atomic mass is 9.79. The van der Waals surface area contributed by atoms with Crippen LogP contribution >= 0.6 is 0 Å². The van der Waals surface area contributed by atoms with E-state index in [-0.39, 0.29) is 5.92 Å². The van der Waals surface area contributed by atoms with Crippen LogP contribution in [0.1, 0.15) is 44.7 Å². The van der Waals surface area contributed by atoms with Crippen molar-refractivity contribution in [1.82, 2.24) is 14.9 Å². The first kappa shape index (κ1) is 13.3. The van der Waals surface area contributed by atoms with E-state index in [0.29, 0.717) is 17.9 Å². The molecule has 108 valence electrons. The maximum Gasteiger partial charge on any atom is 0.225 e. The minimum absolute atomic E-state index is 0.221. The van der Waals surface area contributed by atoms with Gasteiger partial charge in [-0.15, -0.1) is 0 Å². The summed E-state index contributed by atoms with van der Waals surface area (Å²) in [5, 5.41) is 3.41. The fourth-order valence-electron chi connectivity index (χ4n) is 2.71. The van der Waals surface area contributed by atoms with Gasteiger partial charge in [0.15, 0.2) is 0 Å². The third kappa shape index (κ3) is 2.62. The van der Waals surface area contributed by atoms with Gasteiger partial charge < -0.3 is 10.2 Å². The zero-order valence-corrected chi connectivity index (χ0v) is 12.2. The average molecular weight is 274 g/mol. The molecule has 2 fully saturated rings. The van der Waals surface area contributed by atoms with Gasteiger partial charge >= 0.3 is 0 Å². The Bertz CT molecular complexity index is 492. The van der Waals surface area contributed by atoms with Crippen LogP contribution in [0.15, 0.2) is 12.4 Å². The monoisotopic (exact) mass is 274 g/mol. The van der Waals surface area contributed by atoms with Gasteiger partial charge in [-0.25, -0.2) is 9.97 Å². The number of carbonyl (C=O) groups excluding carboxylic acids is 1. The Morgan fingerprint density at radius 3 is 2.70 bits per heavy atom. The first-order valence-electron chi connectivity index (χ1n) is 7.50. The van der Waals surface area contributed by atoms with Crippen molar-refractivity contribution in [3.63, 3.8) is 0 Å². The largest absolute Gasteiger partial charge is 0.367 e. The predicted octanol–water partition coefficient (Wildman–Crippen LogP) is 2.02. The van der Waals surface area contributed by atoms with Crippen LogP contribution < -0.4 is 5.32 Å². The van der Waals surface area contributed by atoms with Gasteiger partial charge in [-0.1, -0.05) is 13.8 Å². The van der Waals surface area contributed by atoms with Crippen LogP contribution in [0, 0.1) is 5.92 Å². The Kier molecular flexibility index (Phi) is 3.59. The summed E-state index contributed by atoms with van der Waals surface area (Å²) in [7, 11) is 0. The molecular weight excluding hydrogens is 252 g/mol. The number of likely N-dealkylation sites (tertiary alicyclic amines) is 1. The SMILES string of the molecule is CC(C)c1cc(NC2CC(C(=O)N3CCC3)C2)ncn1. The maximum atomic E-state index is 12.0. The van der Waals surface area contributed by atoms with Crippen molar-refractivity contribution in [2.75, 3.05) is 18.4 Å². The van der Waals surface area contributed by atoms with E-state index in [1.165, 1.54) is 6.42 Å². The lowest BCUT2D eigenvalue weighted by Crippen LogP contribution is -2.50. The molecule has 1 N–H and O–H groups in total. The highest BCUT2D eigenvalue weighted by atomic mass is 16.2. The second-order valence-electron chi connectivity index (χ2n) is 6.17. The van der Waals surface area contributed by atoms with E-state index in [4.69, 9.17) is 0 Å². The molecule has 1 saturated carbocycles. The zero-order valence-electron chi connectivity index (χ0n) is 12.2. The van der Waals surface area contributed by atoms with Crippen LogP contribution in [0.3, 0.4) is 0 Å². The molecule has 5 heteroatoms. The van der Waals surface area contributed by atoms with Gasteiger partial charge in [-0.05, 0) is 25.2 Å². The summed E-state index contributed by atoms with van der Waals surface area (Å²) in [5.74, 6) is 1.85. The number of amides is 1. The molecule has 3 rings (SSSR count). The molecule has 0 radical (unpaired) electrons. The molecule has 0 spiro atoms. The number of aromatic nitrogens is 2. The van der Waals surface area contributed by atoms with E-state index < -0.39 is 0 Å². The Hall–Kier alpha value is -1.65. The Labute approximate surface area is 119 Å². The van der Waals surface area contributed by atoms with Gasteiger partial charge in [0, 0.05) is 36.8 Å². The molecule has 20 heavy (non-hydrogen) atoms. The van der Waals surface area contributed by atoms with Crippen molar-refractivity contribution in [2.45, 2.75) is 45.1 Å². The number of hydrogen-bond donors (Lipinski definition) is 1. The molecule has 5 nitrogen and oxygen atoms in total. The molecule has 0 unspecified atom stereocenters. The molecule has 2 heterocycles. The molecule has 0 atom stereocenters. The normalized spacial score (nSPS) is 25.1. The highest BCUT2D eigenvalue weighted by molar-refractivity contribution is 5.80. The van der Waals surface area contributed by atoms with Crippen LogP contribution in [0.25, 0.3) is 0 Å². The molecule has 1 aliphatic heterocycles. The molecule has 1 saturated heterocycles. The fraction of sp³-hybridized carbons (Fsp3) is 0.667. The highest BCUT2D eigenvalue weighted by Crippen LogP contribution is 2.32. The van der Waals surface area contributed by atoms with E-state index in [1.807, 2.05) is 11.0 Å². The predicted molar refractivity (Wildman–Crippen MR) is 77.5 cm³/mol. The van der Waals surface area contributed by atoms with E-state index in [2.05, 4.69) is 29.1 Å². The molecule has 1 aromatic heterocycles. The summed E-state index contributed by atoms with van der Waals surface area (Å²) in [6.07, 6.45) is 4.63. The number of nitrogens with one attached hydrogen (secondary N) is 1. The van der Waals surface area contributed by atoms with E-state index in [1.54, 1.807) is 6.33 Å². The van der Waals surface area contributed by atoms with Crippen LogP contribution in [0.5, 0.6) is 0 Å².